The van der Waals surface area contributed by atoms with Crippen molar-refractivity contribution in [2.24, 2.45) is 11.3 Å². The molecule has 3 aliphatic rings. The van der Waals surface area contributed by atoms with Gasteiger partial charge in [-0.15, -0.1) is 0 Å². The molecular formula is C17H30N2O. The molecule has 0 aromatic carbocycles. The Morgan fingerprint density at radius 3 is 2.80 bits per heavy atom. The molecule has 1 saturated carbocycles. The average molecular weight is 278 g/mol. The lowest BCUT2D eigenvalue weighted by Gasteiger charge is -2.39. The van der Waals surface area contributed by atoms with Gasteiger partial charge in [0.15, 0.2) is 0 Å². The number of rotatable bonds is 3. The van der Waals surface area contributed by atoms with E-state index in [-0.39, 0.29) is 5.41 Å². The number of hydrogen-bond donors (Lipinski definition) is 0. The molecule has 0 aromatic rings. The van der Waals surface area contributed by atoms with Gasteiger partial charge in [-0.3, -0.25) is 4.90 Å². The first-order valence-corrected chi connectivity index (χ1v) is 8.63. The number of fused-ring (bicyclic) bond motifs is 1. The Morgan fingerprint density at radius 2 is 2.00 bits per heavy atom. The van der Waals surface area contributed by atoms with Crippen LogP contribution in [0.2, 0.25) is 0 Å². The fourth-order valence-corrected chi connectivity index (χ4v) is 4.86. The van der Waals surface area contributed by atoms with Crippen molar-refractivity contribution in [1.82, 2.24) is 9.80 Å². The normalized spacial score (nSPS) is 40.2. The van der Waals surface area contributed by atoms with Crippen molar-refractivity contribution in [1.29, 1.82) is 0 Å². The molecule has 2 heterocycles. The topological polar surface area (TPSA) is 23.6 Å². The summed E-state index contributed by atoms with van der Waals surface area (Å²) in [6.07, 6.45) is 10.1. The van der Waals surface area contributed by atoms with Crippen LogP contribution in [0, 0.1) is 11.3 Å². The lowest BCUT2D eigenvalue weighted by molar-refractivity contribution is -0.120. The highest BCUT2D eigenvalue weighted by Gasteiger charge is 2.38. The third-order valence-electron chi connectivity index (χ3n) is 5.80. The van der Waals surface area contributed by atoms with Crippen molar-refractivity contribution in [3.63, 3.8) is 0 Å². The summed E-state index contributed by atoms with van der Waals surface area (Å²) in [5, 5.41) is 0. The van der Waals surface area contributed by atoms with Gasteiger partial charge in [0.05, 0.1) is 0 Å². The van der Waals surface area contributed by atoms with Crippen molar-refractivity contribution in [2.45, 2.75) is 57.9 Å². The van der Waals surface area contributed by atoms with Crippen LogP contribution >= 0.6 is 0 Å². The molecule has 0 aromatic heterocycles. The van der Waals surface area contributed by atoms with Crippen LogP contribution < -0.4 is 0 Å². The summed E-state index contributed by atoms with van der Waals surface area (Å²) >= 11 is 0. The minimum absolute atomic E-state index is 0.0363. The van der Waals surface area contributed by atoms with E-state index < -0.39 is 0 Å². The maximum Gasteiger partial charge on any atom is 0.127 e. The van der Waals surface area contributed by atoms with Crippen LogP contribution in [0.5, 0.6) is 0 Å². The number of carbonyl (C=O) groups is 1. The minimum atomic E-state index is -0.0363. The van der Waals surface area contributed by atoms with E-state index in [1.165, 1.54) is 64.6 Å². The smallest absolute Gasteiger partial charge is 0.127 e. The standard InChI is InChI=1S/C17H30N2O/c1-15-5-2-7-17(11-15,14-20)13-18-8-4-10-19-9-3-6-16(19)12-18/h14-16H,2-13H2,1H3. The average Bonchev–Trinajstić information content (AvgIpc) is 2.78. The van der Waals surface area contributed by atoms with Crippen LogP contribution in [-0.2, 0) is 4.79 Å². The zero-order chi connectivity index (χ0) is 14.0. The Morgan fingerprint density at radius 1 is 1.15 bits per heavy atom. The SMILES string of the molecule is CC1CCCC(C=O)(CN2CCCN3CCCC3C2)C1. The van der Waals surface area contributed by atoms with Gasteiger partial charge in [0.2, 0.25) is 0 Å². The first-order valence-electron chi connectivity index (χ1n) is 8.63. The van der Waals surface area contributed by atoms with Crippen LogP contribution in [0.3, 0.4) is 0 Å². The van der Waals surface area contributed by atoms with E-state index in [9.17, 15) is 4.79 Å². The highest BCUT2D eigenvalue weighted by molar-refractivity contribution is 5.60. The number of nitrogens with zero attached hydrogens (tertiary/aromatic N) is 2. The van der Waals surface area contributed by atoms with Gasteiger partial charge < -0.3 is 9.69 Å². The molecule has 20 heavy (non-hydrogen) atoms. The number of carbonyl (C=O) groups excluding carboxylic acids is 1. The largest absolute Gasteiger partial charge is 0.303 e. The molecule has 2 aliphatic heterocycles. The van der Waals surface area contributed by atoms with E-state index in [2.05, 4.69) is 16.7 Å². The maximum absolute atomic E-state index is 11.8. The zero-order valence-electron chi connectivity index (χ0n) is 13.0. The Labute approximate surface area is 123 Å². The molecule has 3 heteroatoms. The van der Waals surface area contributed by atoms with Crippen LogP contribution in [0.15, 0.2) is 0 Å². The van der Waals surface area contributed by atoms with Crippen molar-refractivity contribution in [2.75, 3.05) is 32.7 Å². The molecule has 0 radical (unpaired) electrons. The lowest BCUT2D eigenvalue weighted by atomic mass is 9.70. The van der Waals surface area contributed by atoms with Gasteiger partial charge in [0.25, 0.3) is 0 Å². The molecule has 114 valence electrons. The summed E-state index contributed by atoms with van der Waals surface area (Å²) in [4.78, 5) is 17.1. The first kappa shape index (κ1) is 14.5. The van der Waals surface area contributed by atoms with Crippen LogP contribution in [-0.4, -0.2) is 54.9 Å². The Kier molecular flexibility index (Phi) is 4.46. The second kappa shape index (κ2) is 6.15. The summed E-state index contributed by atoms with van der Waals surface area (Å²) in [6, 6.07) is 0.766. The summed E-state index contributed by atoms with van der Waals surface area (Å²) in [7, 11) is 0. The van der Waals surface area contributed by atoms with Gasteiger partial charge in [-0.1, -0.05) is 19.8 Å². The van der Waals surface area contributed by atoms with Crippen LogP contribution in [0.4, 0.5) is 0 Å². The molecule has 1 aliphatic carbocycles. The van der Waals surface area contributed by atoms with E-state index in [0.717, 1.165) is 31.3 Å². The Balaban J connectivity index is 1.64. The molecule has 0 amide bonds. The lowest BCUT2D eigenvalue weighted by Crippen LogP contribution is -2.45. The zero-order valence-corrected chi connectivity index (χ0v) is 13.0. The predicted octanol–water partition coefficient (Wildman–Crippen LogP) is 2.55. The van der Waals surface area contributed by atoms with Crippen molar-refractivity contribution in [3.05, 3.63) is 0 Å². The number of aldehydes is 1. The first-order chi connectivity index (χ1) is 9.71. The summed E-state index contributed by atoms with van der Waals surface area (Å²) in [5.41, 5.74) is -0.0363. The second-order valence-electron chi connectivity index (χ2n) is 7.60. The van der Waals surface area contributed by atoms with Gasteiger partial charge in [-0.25, -0.2) is 0 Å². The minimum Gasteiger partial charge on any atom is -0.303 e. The van der Waals surface area contributed by atoms with E-state index >= 15 is 0 Å². The Bertz CT molecular complexity index is 346. The molecule has 0 spiro atoms. The van der Waals surface area contributed by atoms with Gasteiger partial charge >= 0.3 is 0 Å². The summed E-state index contributed by atoms with van der Waals surface area (Å²) in [6.45, 7) is 8.30. The third-order valence-corrected chi connectivity index (χ3v) is 5.80. The molecular weight excluding hydrogens is 248 g/mol. The quantitative estimate of drug-likeness (QED) is 0.741. The molecule has 3 fully saturated rings. The van der Waals surface area contributed by atoms with Gasteiger partial charge in [-0.05, 0) is 57.7 Å². The fourth-order valence-electron chi connectivity index (χ4n) is 4.86. The van der Waals surface area contributed by atoms with Crippen molar-refractivity contribution >= 4 is 6.29 Å². The molecule has 3 nitrogen and oxygen atoms in total. The van der Waals surface area contributed by atoms with E-state index in [0.29, 0.717) is 0 Å². The fraction of sp³-hybridized carbons (Fsp3) is 0.941. The van der Waals surface area contributed by atoms with Crippen LogP contribution in [0.1, 0.15) is 51.9 Å². The van der Waals surface area contributed by atoms with Crippen molar-refractivity contribution < 1.29 is 4.79 Å². The van der Waals surface area contributed by atoms with E-state index in [4.69, 9.17) is 0 Å². The van der Waals surface area contributed by atoms with Gasteiger partial charge in [0.1, 0.15) is 6.29 Å². The highest BCUT2D eigenvalue weighted by Crippen LogP contribution is 2.39. The monoisotopic (exact) mass is 278 g/mol. The number of hydrogen-bond acceptors (Lipinski definition) is 3. The van der Waals surface area contributed by atoms with Gasteiger partial charge in [0, 0.05) is 24.5 Å². The van der Waals surface area contributed by atoms with E-state index in [1.54, 1.807) is 0 Å². The van der Waals surface area contributed by atoms with Crippen molar-refractivity contribution in [3.8, 4) is 0 Å². The summed E-state index contributed by atoms with van der Waals surface area (Å²) in [5.74, 6) is 0.726. The second-order valence-corrected chi connectivity index (χ2v) is 7.60. The molecule has 2 saturated heterocycles. The Hall–Kier alpha value is -0.410. The maximum atomic E-state index is 11.8. The third kappa shape index (κ3) is 3.09. The van der Waals surface area contributed by atoms with Crippen LogP contribution in [0.25, 0.3) is 0 Å². The van der Waals surface area contributed by atoms with Gasteiger partial charge in [-0.2, -0.15) is 0 Å². The molecule has 0 N–H and O–H groups in total. The molecule has 0 bridgehead atoms. The highest BCUT2D eigenvalue weighted by atomic mass is 16.1. The predicted molar refractivity (Wildman–Crippen MR) is 81.8 cm³/mol. The summed E-state index contributed by atoms with van der Waals surface area (Å²) < 4.78 is 0. The molecule has 3 rings (SSSR count). The molecule has 3 atom stereocenters. The molecule has 3 unspecified atom stereocenters. The van der Waals surface area contributed by atoms with E-state index in [1.807, 2.05) is 0 Å².